The molecule has 0 saturated carbocycles. The van der Waals surface area contributed by atoms with Gasteiger partial charge in [-0.2, -0.15) is 13.2 Å². The third-order valence-electron chi connectivity index (χ3n) is 3.44. The molecule has 0 fully saturated rings. The molecule has 0 unspecified atom stereocenters. The Morgan fingerprint density at radius 3 is 2.28 bits per heavy atom. The summed E-state index contributed by atoms with van der Waals surface area (Å²) in [4.78, 5) is 29.8. The Balaban J connectivity index is 1.80. The topological polar surface area (TPSA) is 95.1 Å². The molecule has 1 amide bonds. The molecule has 0 spiro atoms. The normalized spacial score (nSPS) is 11.5. The molecule has 25 heavy (non-hydrogen) atoms. The fraction of sp³-hybridized carbons (Fsp3) is 0.0625. The van der Waals surface area contributed by atoms with E-state index >= 15 is 0 Å². The molecular formula is C16H10F3N3O3. The number of aromatic amines is 1. The number of anilines is 1. The lowest BCUT2D eigenvalue weighted by Gasteiger charge is -2.07. The van der Waals surface area contributed by atoms with Crippen LogP contribution in [-0.2, 0) is 6.18 Å². The minimum atomic E-state index is -4.48. The maximum Gasteiger partial charge on any atom is 0.416 e. The van der Waals surface area contributed by atoms with Gasteiger partial charge in [0, 0.05) is 5.56 Å². The van der Waals surface area contributed by atoms with Crippen molar-refractivity contribution in [2.24, 2.45) is 0 Å². The van der Waals surface area contributed by atoms with Crippen molar-refractivity contribution in [1.82, 2.24) is 9.97 Å². The van der Waals surface area contributed by atoms with E-state index in [0.717, 1.165) is 24.3 Å². The average Bonchev–Trinajstić information content (AvgIpc) is 2.95. The quantitative estimate of drug-likeness (QED) is 0.674. The van der Waals surface area contributed by atoms with Crippen molar-refractivity contribution in [3.05, 3.63) is 59.2 Å². The van der Waals surface area contributed by atoms with Crippen molar-refractivity contribution in [2.45, 2.75) is 6.18 Å². The van der Waals surface area contributed by atoms with Gasteiger partial charge in [-0.15, -0.1) is 0 Å². The van der Waals surface area contributed by atoms with Crippen molar-refractivity contribution in [3.8, 4) is 0 Å². The first kappa shape index (κ1) is 16.5. The van der Waals surface area contributed by atoms with Gasteiger partial charge in [0.05, 0.1) is 22.2 Å². The maximum absolute atomic E-state index is 12.5. The zero-order chi connectivity index (χ0) is 18.2. The molecule has 0 aliphatic carbocycles. The molecule has 0 bridgehead atoms. The number of hydrogen-bond donors (Lipinski definition) is 3. The summed E-state index contributed by atoms with van der Waals surface area (Å²) in [5.41, 5.74) is 0.0702. The zero-order valence-electron chi connectivity index (χ0n) is 12.4. The van der Waals surface area contributed by atoms with E-state index in [4.69, 9.17) is 5.11 Å². The molecular weight excluding hydrogens is 339 g/mol. The monoisotopic (exact) mass is 349 g/mol. The van der Waals surface area contributed by atoms with E-state index in [2.05, 4.69) is 15.3 Å². The van der Waals surface area contributed by atoms with Crippen LogP contribution >= 0.6 is 0 Å². The van der Waals surface area contributed by atoms with Crippen LogP contribution in [0.1, 0.15) is 26.3 Å². The van der Waals surface area contributed by atoms with Gasteiger partial charge < -0.3 is 10.1 Å². The molecule has 0 aliphatic heterocycles. The number of carboxylic acids is 1. The van der Waals surface area contributed by atoms with Gasteiger partial charge in [-0.1, -0.05) is 0 Å². The molecule has 1 heterocycles. The van der Waals surface area contributed by atoms with Crippen LogP contribution in [0.25, 0.3) is 11.0 Å². The van der Waals surface area contributed by atoms with Gasteiger partial charge in [0.1, 0.15) is 0 Å². The van der Waals surface area contributed by atoms with E-state index in [1.54, 1.807) is 0 Å². The Morgan fingerprint density at radius 1 is 1.04 bits per heavy atom. The number of carbonyl (C=O) groups is 2. The number of amides is 1. The summed E-state index contributed by atoms with van der Waals surface area (Å²) in [5.74, 6) is -1.69. The second kappa shape index (κ2) is 5.93. The number of nitrogens with zero attached hydrogens (tertiary/aromatic N) is 1. The number of benzene rings is 2. The number of aromatic carboxylic acids is 1. The van der Waals surface area contributed by atoms with E-state index in [-0.39, 0.29) is 17.1 Å². The van der Waals surface area contributed by atoms with Crippen LogP contribution in [0.3, 0.4) is 0 Å². The number of rotatable bonds is 3. The van der Waals surface area contributed by atoms with Crippen molar-refractivity contribution in [3.63, 3.8) is 0 Å². The van der Waals surface area contributed by atoms with Crippen molar-refractivity contribution in [1.29, 1.82) is 0 Å². The highest BCUT2D eigenvalue weighted by molar-refractivity contribution is 6.04. The number of fused-ring (bicyclic) bond motifs is 1. The summed E-state index contributed by atoms with van der Waals surface area (Å²) in [5, 5.41) is 11.4. The second-order valence-corrected chi connectivity index (χ2v) is 5.15. The van der Waals surface area contributed by atoms with Crippen LogP contribution in [0, 0.1) is 0 Å². The van der Waals surface area contributed by atoms with E-state index < -0.39 is 23.6 Å². The van der Waals surface area contributed by atoms with E-state index in [1.165, 1.54) is 18.2 Å². The Morgan fingerprint density at radius 2 is 1.68 bits per heavy atom. The van der Waals surface area contributed by atoms with Gasteiger partial charge in [0.25, 0.3) is 5.91 Å². The molecule has 0 aliphatic rings. The number of carboxylic acid groups (broad SMARTS) is 1. The van der Waals surface area contributed by atoms with Crippen molar-refractivity contribution >= 4 is 28.9 Å². The lowest BCUT2D eigenvalue weighted by atomic mass is 10.1. The highest BCUT2D eigenvalue weighted by Crippen LogP contribution is 2.29. The van der Waals surface area contributed by atoms with E-state index in [1.807, 2.05) is 0 Å². The zero-order valence-corrected chi connectivity index (χ0v) is 12.4. The van der Waals surface area contributed by atoms with Crippen LogP contribution < -0.4 is 5.32 Å². The van der Waals surface area contributed by atoms with Gasteiger partial charge in [0.15, 0.2) is 0 Å². The van der Waals surface area contributed by atoms with Gasteiger partial charge in [0.2, 0.25) is 5.95 Å². The first-order valence-corrected chi connectivity index (χ1v) is 6.96. The minimum absolute atomic E-state index is 0.0275. The van der Waals surface area contributed by atoms with Gasteiger partial charge in [-0.25, -0.2) is 9.78 Å². The molecule has 0 atom stereocenters. The lowest BCUT2D eigenvalue weighted by molar-refractivity contribution is -0.137. The third kappa shape index (κ3) is 3.44. The minimum Gasteiger partial charge on any atom is -0.478 e. The van der Waals surface area contributed by atoms with Gasteiger partial charge in [-0.05, 0) is 42.5 Å². The standard InChI is InChI=1S/C16H10F3N3O3/c17-16(18,19)10-4-1-8(2-5-10)13(23)22-15-20-11-6-3-9(14(24)25)7-12(11)21-15/h1-7H,(H,24,25)(H2,20,21,22,23). The van der Waals surface area contributed by atoms with Gasteiger partial charge in [-0.3, -0.25) is 10.1 Å². The SMILES string of the molecule is O=C(O)c1ccc2nc(NC(=O)c3ccc(C(F)(F)F)cc3)[nH]c2c1. The number of halogens is 3. The summed E-state index contributed by atoms with van der Waals surface area (Å²) in [7, 11) is 0. The fourth-order valence-corrected chi connectivity index (χ4v) is 2.19. The summed E-state index contributed by atoms with van der Waals surface area (Å²) in [6.07, 6.45) is -4.48. The second-order valence-electron chi connectivity index (χ2n) is 5.15. The lowest BCUT2D eigenvalue weighted by Crippen LogP contribution is -2.13. The number of alkyl halides is 3. The molecule has 0 radical (unpaired) electrons. The molecule has 128 valence electrons. The molecule has 3 N–H and O–H groups in total. The number of carbonyl (C=O) groups excluding carboxylic acids is 1. The molecule has 9 heteroatoms. The smallest absolute Gasteiger partial charge is 0.416 e. The van der Waals surface area contributed by atoms with Crippen LogP contribution in [0.15, 0.2) is 42.5 Å². The maximum atomic E-state index is 12.5. The highest BCUT2D eigenvalue weighted by Gasteiger charge is 2.30. The van der Waals surface area contributed by atoms with Crippen LogP contribution in [0.4, 0.5) is 19.1 Å². The van der Waals surface area contributed by atoms with Crippen molar-refractivity contribution < 1.29 is 27.9 Å². The summed E-state index contributed by atoms with van der Waals surface area (Å²) in [6, 6.07) is 7.94. The van der Waals surface area contributed by atoms with Gasteiger partial charge >= 0.3 is 12.1 Å². The predicted molar refractivity (Wildman–Crippen MR) is 82.5 cm³/mol. The fourth-order valence-electron chi connectivity index (χ4n) is 2.19. The number of aromatic nitrogens is 2. The largest absolute Gasteiger partial charge is 0.478 e. The van der Waals surface area contributed by atoms with E-state index in [9.17, 15) is 22.8 Å². The first-order chi connectivity index (χ1) is 11.7. The molecule has 6 nitrogen and oxygen atoms in total. The Bertz CT molecular complexity index is 962. The number of imidazole rings is 1. The molecule has 2 aromatic carbocycles. The Labute approximate surface area is 138 Å². The van der Waals surface area contributed by atoms with Crippen molar-refractivity contribution in [2.75, 3.05) is 5.32 Å². The number of nitrogens with one attached hydrogen (secondary N) is 2. The summed E-state index contributed by atoms with van der Waals surface area (Å²) >= 11 is 0. The molecule has 3 aromatic rings. The van der Waals surface area contributed by atoms with Crippen LogP contribution in [0.2, 0.25) is 0 Å². The summed E-state index contributed by atoms with van der Waals surface area (Å²) < 4.78 is 37.6. The molecule has 0 saturated heterocycles. The number of H-pyrrole nitrogens is 1. The van der Waals surface area contributed by atoms with Crippen LogP contribution in [0.5, 0.6) is 0 Å². The predicted octanol–water partition coefficient (Wildman–Crippen LogP) is 3.53. The molecule has 1 aromatic heterocycles. The Hall–Kier alpha value is -3.36. The third-order valence-corrected chi connectivity index (χ3v) is 3.44. The van der Waals surface area contributed by atoms with Crippen LogP contribution in [-0.4, -0.2) is 27.0 Å². The average molecular weight is 349 g/mol. The Kier molecular flexibility index (Phi) is 3.91. The molecule has 3 rings (SSSR count). The summed E-state index contributed by atoms with van der Waals surface area (Å²) in [6.45, 7) is 0. The first-order valence-electron chi connectivity index (χ1n) is 6.96. The van der Waals surface area contributed by atoms with E-state index in [0.29, 0.717) is 11.0 Å². The highest BCUT2D eigenvalue weighted by atomic mass is 19.4. The number of hydrogen-bond acceptors (Lipinski definition) is 3.